The van der Waals surface area contributed by atoms with Gasteiger partial charge in [0.05, 0.1) is 0 Å². The lowest BCUT2D eigenvalue weighted by molar-refractivity contribution is -0.167. The molecule has 6 heteroatoms. The van der Waals surface area contributed by atoms with Crippen LogP contribution in [-0.4, -0.2) is 37.2 Å². The van der Waals surface area contributed by atoms with Gasteiger partial charge in [-0.2, -0.15) is 0 Å². The molecule has 0 heterocycles. The minimum absolute atomic E-state index is 0.106. The Morgan fingerprint density at radius 3 is 1.02 bits per heavy atom. The van der Waals surface area contributed by atoms with Crippen molar-refractivity contribution in [2.24, 2.45) is 0 Å². The van der Waals surface area contributed by atoms with E-state index in [1.807, 2.05) is 0 Å². The van der Waals surface area contributed by atoms with E-state index in [9.17, 15) is 14.4 Å². The Hall–Kier alpha value is -3.93. The molecule has 0 saturated heterocycles. The zero-order chi connectivity index (χ0) is 45.8. The summed E-state index contributed by atoms with van der Waals surface area (Å²) in [6.45, 7) is 6.30. The summed E-state index contributed by atoms with van der Waals surface area (Å²) in [4.78, 5) is 37.9. The van der Waals surface area contributed by atoms with E-state index in [1.54, 1.807) is 0 Å². The van der Waals surface area contributed by atoms with Crippen LogP contribution in [0, 0.1) is 0 Å². The molecule has 0 aliphatic heterocycles. The summed E-state index contributed by atoms with van der Waals surface area (Å²) in [5, 5.41) is 0. The summed E-state index contributed by atoms with van der Waals surface area (Å²) < 4.78 is 16.7. The lowest BCUT2D eigenvalue weighted by Gasteiger charge is -2.18. The van der Waals surface area contributed by atoms with Crippen LogP contribution in [-0.2, 0) is 28.6 Å². The van der Waals surface area contributed by atoms with Gasteiger partial charge < -0.3 is 14.2 Å². The Morgan fingerprint density at radius 2 is 0.619 bits per heavy atom. The smallest absolute Gasteiger partial charge is 0.306 e. The van der Waals surface area contributed by atoms with Crippen LogP contribution in [0.5, 0.6) is 0 Å². The Labute approximate surface area is 387 Å². The summed E-state index contributed by atoms with van der Waals surface area (Å²) in [6, 6.07) is 0. The molecule has 0 aromatic carbocycles. The quantitative estimate of drug-likeness (QED) is 0.0263. The molecule has 0 saturated carbocycles. The average Bonchev–Trinajstić information content (AvgIpc) is 3.28. The monoisotopic (exact) mass is 873 g/mol. The third-order valence-corrected chi connectivity index (χ3v) is 10.2. The molecule has 0 fully saturated rings. The second kappa shape index (κ2) is 50.7. The van der Waals surface area contributed by atoms with Crippen LogP contribution in [0.4, 0.5) is 0 Å². The molecule has 1 unspecified atom stereocenters. The van der Waals surface area contributed by atoms with E-state index in [4.69, 9.17) is 14.2 Å². The average molecular weight is 873 g/mol. The number of rotatable bonds is 44. The molecule has 356 valence electrons. The second-order valence-electron chi connectivity index (χ2n) is 16.3. The summed E-state index contributed by atoms with van der Waals surface area (Å²) >= 11 is 0. The number of allylic oxidation sites excluding steroid dienone is 18. The van der Waals surface area contributed by atoms with Crippen LogP contribution < -0.4 is 0 Å². The molecule has 0 N–H and O–H groups in total. The molecule has 1 atom stereocenters. The van der Waals surface area contributed by atoms with E-state index in [2.05, 4.69) is 130 Å². The molecular formula is C57H92O6. The molecule has 0 aromatic rings. The topological polar surface area (TPSA) is 78.9 Å². The number of carbonyl (C=O) groups excluding carboxylic acids is 3. The van der Waals surface area contributed by atoms with Crippen LogP contribution in [0.3, 0.4) is 0 Å². The maximum Gasteiger partial charge on any atom is 0.306 e. The molecule has 0 aliphatic rings. The molecule has 6 nitrogen and oxygen atoms in total. The van der Waals surface area contributed by atoms with E-state index < -0.39 is 6.10 Å². The van der Waals surface area contributed by atoms with E-state index in [-0.39, 0.29) is 37.5 Å². The van der Waals surface area contributed by atoms with Crippen molar-refractivity contribution in [2.45, 2.75) is 219 Å². The van der Waals surface area contributed by atoms with Gasteiger partial charge in [-0.25, -0.2) is 0 Å². The van der Waals surface area contributed by atoms with Crippen molar-refractivity contribution in [1.29, 1.82) is 0 Å². The Kier molecular flexibility index (Phi) is 47.5. The molecular weight excluding hydrogens is 781 g/mol. The zero-order valence-corrected chi connectivity index (χ0v) is 40.5. The predicted molar refractivity (Wildman–Crippen MR) is 270 cm³/mol. The molecule has 0 spiro atoms. The van der Waals surface area contributed by atoms with Gasteiger partial charge in [0.25, 0.3) is 0 Å². The summed E-state index contributed by atoms with van der Waals surface area (Å²) in [7, 11) is 0. The number of hydrogen-bond acceptors (Lipinski definition) is 6. The van der Waals surface area contributed by atoms with E-state index in [0.29, 0.717) is 19.3 Å². The zero-order valence-electron chi connectivity index (χ0n) is 40.5. The van der Waals surface area contributed by atoms with Crippen molar-refractivity contribution in [3.63, 3.8) is 0 Å². The van der Waals surface area contributed by atoms with Crippen molar-refractivity contribution in [3.8, 4) is 0 Å². The Morgan fingerprint density at radius 1 is 0.333 bits per heavy atom. The molecule has 0 aromatic heterocycles. The predicted octanol–water partition coefficient (Wildman–Crippen LogP) is 16.8. The highest BCUT2D eigenvalue weighted by Gasteiger charge is 2.19. The van der Waals surface area contributed by atoms with Crippen molar-refractivity contribution >= 4 is 17.9 Å². The van der Waals surface area contributed by atoms with Crippen molar-refractivity contribution in [1.82, 2.24) is 0 Å². The fourth-order valence-electron chi connectivity index (χ4n) is 6.46. The maximum absolute atomic E-state index is 12.8. The first-order chi connectivity index (χ1) is 31.0. The third kappa shape index (κ3) is 49.0. The molecule has 0 amide bonds. The normalized spacial score (nSPS) is 13.0. The van der Waals surface area contributed by atoms with Crippen molar-refractivity contribution in [2.75, 3.05) is 13.2 Å². The number of ether oxygens (including phenoxy) is 3. The van der Waals surface area contributed by atoms with Gasteiger partial charge in [0, 0.05) is 19.3 Å². The largest absolute Gasteiger partial charge is 0.462 e. The van der Waals surface area contributed by atoms with E-state index in [0.717, 1.165) is 128 Å². The van der Waals surface area contributed by atoms with Crippen molar-refractivity contribution < 1.29 is 28.6 Å². The first kappa shape index (κ1) is 59.1. The van der Waals surface area contributed by atoms with Crippen LogP contribution >= 0.6 is 0 Å². The number of esters is 3. The lowest BCUT2D eigenvalue weighted by atomic mass is 10.1. The van der Waals surface area contributed by atoms with E-state index in [1.165, 1.54) is 38.5 Å². The van der Waals surface area contributed by atoms with Gasteiger partial charge in [-0.3, -0.25) is 14.4 Å². The fraction of sp³-hybridized carbons (Fsp3) is 0.632. The van der Waals surface area contributed by atoms with Crippen LogP contribution in [0.2, 0.25) is 0 Å². The first-order valence-corrected chi connectivity index (χ1v) is 25.4. The Bertz CT molecular complexity index is 1330. The minimum Gasteiger partial charge on any atom is -0.462 e. The Balaban J connectivity index is 4.47. The van der Waals surface area contributed by atoms with Gasteiger partial charge in [-0.05, 0) is 116 Å². The molecule has 0 aliphatic carbocycles. The summed E-state index contributed by atoms with van der Waals surface area (Å²) in [6.07, 6.45) is 67.9. The van der Waals surface area contributed by atoms with Gasteiger partial charge in [-0.1, -0.05) is 188 Å². The number of unbranched alkanes of at least 4 members (excludes halogenated alkanes) is 15. The first-order valence-electron chi connectivity index (χ1n) is 25.4. The maximum atomic E-state index is 12.8. The molecule has 0 bridgehead atoms. The second-order valence-corrected chi connectivity index (χ2v) is 16.3. The SMILES string of the molecule is CC/C=C\C/C=C\C/C=C\C/C=C\CCCCCCCCC(=O)OCC(COC(=O)CCCCCCC/C=C\CCCC)OC(=O)CCCC/C=C\C/C=C\C/C=C\C/C=C\CC. The molecule has 0 radical (unpaired) electrons. The highest BCUT2D eigenvalue weighted by Crippen LogP contribution is 2.13. The fourth-order valence-corrected chi connectivity index (χ4v) is 6.46. The van der Waals surface area contributed by atoms with Crippen LogP contribution in [0.1, 0.15) is 213 Å². The summed E-state index contributed by atoms with van der Waals surface area (Å²) in [5.74, 6) is -0.979. The van der Waals surface area contributed by atoms with Gasteiger partial charge in [0.2, 0.25) is 0 Å². The molecule has 0 rings (SSSR count). The highest BCUT2D eigenvalue weighted by atomic mass is 16.6. The van der Waals surface area contributed by atoms with Gasteiger partial charge in [0.1, 0.15) is 13.2 Å². The standard InChI is InChI=1S/C57H92O6/c1-4-7-10-13-16-19-22-24-26-27-28-29-31-32-35-38-41-44-47-50-56(59)62-53-54(52-61-55(58)49-46-43-40-37-34-21-18-15-12-9-6-3)63-57(60)51-48-45-42-39-36-33-30-25-23-20-17-14-11-8-5-2/h7-8,10-11,15-20,24-26,28-30,36,39,54H,4-6,9,12-14,21-23,27,31-35,37-38,40-53H2,1-3H3/b10-7-,11-8-,18-15-,19-16-,20-17-,26-24-,29-28-,30-25-,39-36-. The third-order valence-electron chi connectivity index (χ3n) is 10.2. The summed E-state index contributed by atoms with van der Waals surface area (Å²) in [5.41, 5.74) is 0. The highest BCUT2D eigenvalue weighted by molar-refractivity contribution is 5.71. The minimum atomic E-state index is -0.810. The lowest BCUT2D eigenvalue weighted by Crippen LogP contribution is -2.30. The number of carbonyl (C=O) groups is 3. The van der Waals surface area contributed by atoms with Crippen LogP contribution in [0.15, 0.2) is 109 Å². The van der Waals surface area contributed by atoms with Gasteiger partial charge in [-0.15, -0.1) is 0 Å². The molecule has 63 heavy (non-hydrogen) atoms. The van der Waals surface area contributed by atoms with Gasteiger partial charge in [0.15, 0.2) is 6.10 Å². The van der Waals surface area contributed by atoms with Gasteiger partial charge >= 0.3 is 17.9 Å². The van der Waals surface area contributed by atoms with E-state index >= 15 is 0 Å². The van der Waals surface area contributed by atoms with Crippen LogP contribution in [0.25, 0.3) is 0 Å². The van der Waals surface area contributed by atoms with Crippen molar-refractivity contribution in [3.05, 3.63) is 109 Å². The number of hydrogen-bond donors (Lipinski definition) is 0.